The standard InChI is InChI=1S/C17H20N2O2S/c1-18(17(20)15-6-11-22-13-15)12-14-4-2-3-5-16(14)19-7-9-21-10-8-19/h2-6,11,13H,7-10,12H2,1H3. The summed E-state index contributed by atoms with van der Waals surface area (Å²) in [5.74, 6) is 0.0676. The third-order valence-electron chi connectivity index (χ3n) is 3.87. The van der Waals surface area contributed by atoms with Gasteiger partial charge in [-0.05, 0) is 23.1 Å². The molecule has 0 spiro atoms. The average molecular weight is 316 g/mol. The third-order valence-corrected chi connectivity index (χ3v) is 4.55. The predicted molar refractivity (Wildman–Crippen MR) is 89.6 cm³/mol. The van der Waals surface area contributed by atoms with Gasteiger partial charge in [0.1, 0.15) is 0 Å². The number of amides is 1. The molecular weight excluding hydrogens is 296 g/mol. The van der Waals surface area contributed by atoms with Gasteiger partial charge in [-0.2, -0.15) is 11.3 Å². The van der Waals surface area contributed by atoms with Gasteiger partial charge in [0.15, 0.2) is 0 Å². The van der Waals surface area contributed by atoms with Gasteiger partial charge < -0.3 is 14.5 Å². The zero-order valence-electron chi connectivity index (χ0n) is 12.7. The number of rotatable bonds is 4. The Morgan fingerprint density at radius 2 is 2.05 bits per heavy atom. The molecule has 0 saturated carbocycles. The van der Waals surface area contributed by atoms with E-state index in [9.17, 15) is 4.79 Å². The van der Waals surface area contributed by atoms with E-state index in [1.807, 2.05) is 29.9 Å². The lowest BCUT2D eigenvalue weighted by Crippen LogP contribution is -2.37. The molecule has 0 unspecified atom stereocenters. The van der Waals surface area contributed by atoms with Crippen molar-refractivity contribution in [3.63, 3.8) is 0 Å². The third kappa shape index (κ3) is 3.31. The molecule has 1 aromatic heterocycles. The van der Waals surface area contributed by atoms with E-state index in [1.54, 1.807) is 16.2 Å². The molecule has 1 aliphatic heterocycles. The summed E-state index contributed by atoms with van der Waals surface area (Å²) in [7, 11) is 1.86. The summed E-state index contributed by atoms with van der Waals surface area (Å²) in [6.45, 7) is 3.94. The Labute approximate surface area is 134 Å². The van der Waals surface area contributed by atoms with Crippen LogP contribution in [-0.4, -0.2) is 44.2 Å². The lowest BCUT2D eigenvalue weighted by Gasteiger charge is -2.31. The second-order valence-corrected chi connectivity index (χ2v) is 6.18. The van der Waals surface area contributed by atoms with Crippen LogP contribution in [0.5, 0.6) is 0 Å². The molecule has 2 heterocycles. The Kier molecular flexibility index (Phi) is 4.75. The quantitative estimate of drug-likeness (QED) is 0.869. The number of para-hydroxylation sites is 1. The number of anilines is 1. The summed E-state index contributed by atoms with van der Waals surface area (Å²) in [5.41, 5.74) is 3.14. The van der Waals surface area contributed by atoms with Crippen LogP contribution < -0.4 is 4.90 Å². The minimum absolute atomic E-state index is 0.0676. The number of carbonyl (C=O) groups excluding carboxylic acids is 1. The molecule has 116 valence electrons. The highest BCUT2D eigenvalue weighted by atomic mass is 32.1. The highest BCUT2D eigenvalue weighted by molar-refractivity contribution is 7.08. The van der Waals surface area contributed by atoms with E-state index < -0.39 is 0 Å². The Balaban J connectivity index is 1.75. The number of thiophene rings is 1. The van der Waals surface area contributed by atoms with E-state index in [0.717, 1.165) is 31.9 Å². The molecule has 1 amide bonds. The molecule has 0 N–H and O–H groups in total. The minimum atomic E-state index is 0.0676. The zero-order chi connectivity index (χ0) is 15.4. The van der Waals surface area contributed by atoms with Crippen LogP contribution in [-0.2, 0) is 11.3 Å². The normalized spacial score (nSPS) is 14.9. The number of hydrogen-bond acceptors (Lipinski definition) is 4. The van der Waals surface area contributed by atoms with Crippen molar-refractivity contribution in [1.82, 2.24) is 4.90 Å². The van der Waals surface area contributed by atoms with Crippen molar-refractivity contribution in [2.75, 3.05) is 38.3 Å². The van der Waals surface area contributed by atoms with Gasteiger partial charge in [-0.3, -0.25) is 4.79 Å². The summed E-state index contributed by atoms with van der Waals surface area (Å²) < 4.78 is 5.42. The molecule has 22 heavy (non-hydrogen) atoms. The monoisotopic (exact) mass is 316 g/mol. The van der Waals surface area contributed by atoms with Crippen molar-refractivity contribution in [2.45, 2.75) is 6.54 Å². The SMILES string of the molecule is CN(Cc1ccccc1N1CCOCC1)C(=O)c1ccsc1. The molecule has 1 saturated heterocycles. The molecular formula is C17H20N2O2S. The molecule has 3 rings (SSSR count). The van der Waals surface area contributed by atoms with Gasteiger partial charge >= 0.3 is 0 Å². The number of carbonyl (C=O) groups is 1. The van der Waals surface area contributed by atoms with Crippen LogP contribution >= 0.6 is 11.3 Å². The zero-order valence-corrected chi connectivity index (χ0v) is 13.5. The van der Waals surface area contributed by atoms with Crippen LogP contribution in [0.1, 0.15) is 15.9 Å². The van der Waals surface area contributed by atoms with Gasteiger partial charge in [0, 0.05) is 37.7 Å². The smallest absolute Gasteiger partial charge is 0.254 e. The average Bonchev–Trinajstić information content (AvgIpc) is 3.10. The molecule has 1 fully saturated rings. The van der Waals surface area contributed by atoms with Crippen molar-refractivity contribution >= 4 is 22.9 Å². The van der Waals surface area contributed by atoms with Crippen molar-refractivity contribution < 1.29 is 9.53 Å². The maximum atomic E-state index is 12.4. The Morgan fingerprint density at radius 1 is 1.27 bits per heavy atom. The molecule has 4 nitrogen and oxygen atoms in total. The van der Waals surface area contributed by atoms with Gasteiger partial charge in [-0.15, -0.1) is 0 Å². The molecule has 0 bridgehead atoms. The first-order valence-corrected chi connectivity index (χ1v) is 8.38. The Morgan fingerprint density at radius 3 is 2.77 bits per heavy atom. The number of ether oxygens (including phenoxy) is 1. The highest BCUT2D eigenvalue weighted by Crippen LogP contribution is 2.23. The van der Waals surface area contributed by atoms with E-state index in [1.165, 1.54) is 11.3 Å². The second kappa shape index (κ2) is 6.94. The molecule has 0 aliphatic carbocycles. The summed E-state index contributed by atoms with van der Waals surface area (Å²) in [5, 5.41) is 3.83. The molecule has 1 aliphatic rings. The van der Waals surface area contributed by atoms with E-state index >= 15 is 0 Å². The van der Waals surface area contributed by atoms with Gasteiger partial charge in [0.2, 0.25) is 0 Å². The number of hydrogen-bond donors (Lipinski definition) is 0. The van der Waals surface area contributed by atoms with E-state index in [0.29, 0.717) is 6.54 Å². The van der Waals surface area contributed by atoms with Crippen molar-refractivity contribution in [3.05, 3.63) is 52.2 Å². The molecule has 1 aromatic carbocycles. The number of benzene rings is 1. The van der Waals surface area contributed by atoms with Gasteiger partial charge in [0.05, 0.1) is 18.8 Å². The number of morpholine rings is 1. The molecule has 2 aromatic rings. The van der Waals surface area contributed by atoms with Gasteiger partial charge in [-0.1, -0.05) is 18.2 Å². The number of nitrogens with zero attached hydrogens (tertiary/aromatic N) is 2. The van der Waals surface area contributed by atoms with Crippen LogP contribution in [0.2, 0.25) is 0 Å². The minimum Gasteiger partial charge on any atom is -0.378 e. The summed E-state index contributed by atoms with van der Waals surface area (Å²) in [4.78, 5) is 16.5. The lowest BCUT2D eigenvalue weighted by atomic mass is 10.1. The first-order chi connectivity index (χ1) is 10.8. The van der Waals surface area contributed by atoms with Crippen molar-refractivity contribution in [3.8, 4) is 0 Å². The summed E-state index contributed by atoms with van der Waals surface area (Å²) in [6, 6.07) is 10.2. The maximum absolute atomic E-state index is 12.4. The van der Waals surface area contributed by atoms with Crippen LogP contribution in [0.25, 0.3) is 0 Å². The second-order valence-electron chi connectivity index (χ2n) is 5.40. The van der Waals surface area contributed by atoms with E-state index in [-0.39, 0.29) is 5.91 Å². The van der Waals surface area contributed by atoms with Crippen LogP contribution in [0.4, 0.5) is 5.69 Å². The molecule has 0 radical (unpaired) electrons. The largest absolute Gasteiger partial charge is 0.378 e. The summed E-state index contributed by atoms with van der Waals surface area (Å²) in [6.07, 6.45) is 0. The highest BCUT2D eigenvalue weighted by Gasteiger charge is 2.17. The van der Waals surface area contributed by atoms with Gasteiger partial charge in [-0.25, -0.2) is 0 Å². The molecule has 5 heteroatoms. The van der Waals surface area contributed by atoms with Gasteiger partial charge in [0.25, 0.3) is 5.91 Å². The first kappa shape index (κ1) is 15.1. The fraction of sp³-hybridized carbons (Fsp3) is 0.353. The molecule has 0 atom stereocenters. The fourth-order valence-electron chi connectivity index (χ4n) is 2.69. The van der Waals surface area contributed by atoms with E-state index in [2.05, 4.69) is 23.1 Å². The first-order valence-electron chi connectivity index (χ1n) is 7.44. The predicted octanol–water partition coefficient (Wildman–Crippen LogP) is 2.86. The van der Waals surface area contributed by atoms with Crippen molar-refractivity contribution in [2.24, 2.45) is 0 Å². The van der Waals surface area contributed by atoms with Crippen LogP contribution in [0.3, 0.4) is 0 Å². The van der Waals surface area contributed by atoms with Crippen LogP contribution in [0, 0.1) is 0 Å². The lowest BCUT2D eigenvalue weighted by molar-refractivity contribution is 0.0785. The van der Waals surface area contributed by atoms with Crippen molar-refractivity contribution in [1.29, 1.82) is 0 Å². The Hall–Kier alpha value is -1.85. The van der Waals surface area contributed by atoms with Crippen LogP contribution in [0.15, 0.2) is 41.1 Å². The summed E-state index contributed by atoms with van der Waals surface area (Å²) >= 11 is 1.55. The van der Waals surface area contributed by atoms with E-state index in [4.69, 9.17) is 4.74 Å². The maximum Gasteiger partial charge on any atom is 0.254 e. The fourth-order valence-corrected chi connectivity index (χ4v) is 3.32. The Bertz CT molecular complexity index is 621. The topological polar surface area (TPSA) is 32.8 Å².